The number of nitrogens with zero attached hydrogens (tertiary/aromatic N) is 1. The molecule has 2 N–H and O–H groups in total. The van der Waals surface area contributed by atoms with Crippen molar-refractivity contribution >= 4 is 0 Å². The molecule has 0 spiro atoms. The average Bonchev–Trinajstić information content (AvgIpc) is 3.11. The summed E-state index contributed by atoms with van der Waals surface area (Å²) in [5.41, 5.74) is 10.3. The van der Waals surface area contributed by atoms with Crippen LogP contribution in [0.25, 0.3) is 0 Å². The maximum absolute atomic E-state index is 6.38. The number of hydrogen-bond acceptors (Lipinski definition) is 2. The number of nitrogens with two attached hydrogens (primary N) is 1. The largest absolute Gasteiger partial charge is 0.323 e. The van der Waals surface area contributed by atoms with E-state index >= 15 is 0 Å². The lowest BCUT2D eigenvalue weighted by Gasteiger charge is -2.25. The molecule has 1 aliphatic rings. The Kier molecular flexibility index (Phi) is 4.41. The molecule has 1 atom stereocenters. The predicted octanol–water partition coefficient (Wildman–Crippen LogP) is 3.04. The third-order valence-corrected chi connectivity index (χ3v) is 3.94. The Morgan fingerprint density at radius 3 is 2.61 bits per heavy atom. The molecular weight excluding hydrogens is 220 g/mol. The van der Waals surface area contributed by atoms with Crippen LogP contribution < -0.4 is 5.73 Å². The summed E-state index contributed by atoms with van der Waals surface area (Å²) in [5, 5.41) is 0. The summed E-state index contributed by atoms with van der Waals surface area (Å²) in [6.07, 6.45) is 2.82. The first-order chi connectivity index (χ1) is 8.60. The minimum absolute atomic E-state index is 0.143. The minimum atomic E-state index is 0.143. The van der Waals surface area contributed by atoms with E-state index in [0.717, 1.165) is 19.0 Å². The van der Waals surface area contributed by atoms with Gasteiger partial charge >= 0.3 is 0 Å². The molecule has 0 aromatic heterocycles. The molecule has 0 saturated heterocycles. The molecule has 1 unspecified atom stereocenters. The summed E-state index contributed by atoms with van der Waals surface area (Å²) in [6.45, 7) is 9.85. The molecule has 18 heavy (non-hydrogen) atoms. The van der Waals surface area contributed by atoms with E-state index in [4.69, 9.17) is 5.73 Å². The molecule has 0 bridgehead atoms. The van der Waals surface area contributed by atoms with Gasteiger partial charge in [0, 0.05) is 19.1 Å². The highest BCUT2D eigenvalue weighted by Gasteiger charge is 2.24. The van der Waals surface area contributed by atoms with Gasteiger partial charge in [-0.05, 0) is 50.3 Å². The Morgan fingerprint density at radius 2 is 2.06 bits per heavy atom. The van der Waals surface area contributed by atoms with Crippen LogP contribution in [0.4, 0.5) is 0 Å². The minimum Gasteiger partial charge on any atom is -0.323 e. The molecule has 2 rings (SSSR count). The quantitative estimate of drug-likeness (QED) is 0.836. The Bertz CT molecular complexity index is 396. The highest BCUT2D eigenvalue weighted by molar-refractivity contribution is 5.32. The van der Waals surface area contributed by atoms with Crippen LogP contribution in [0.5, 0.6) is 0 Å². The zero-order chi connectivity index (χ0) is 13.1. The second kappa shape index (κ2) is 5.85. The zero-order valence-corrected chi connectivity index (χ0v) is 11.9. The van der Waals surface area contributed by atoms with E-state index in [0.29, 0.717) is 0 Å². The third kappa shape index (κ3) is 3.56. The van der Waals surface area contributed by atoms with Crippen molar-refractivity contribution in [1.29, 1.82) is 0 Å². The summed E-state index contributed by atoms with van der Waals surface area (Å²) < 4.78 is 0. The van der Waals surface area contributed by atoms with Crippen molar-refractivity contribution in [2.75, 3.05) is 19.6 Å². The molecule has 1 saturated carbocycles. The van der Waals surface area contributed by atoms with Crippen LogP contribution >= 0.6 is 0 Å². The van der Waals surface area contributed by atoms with Crippen LogP contribution in [-0.2, 0) is 0 Å². The number of hydrogen-bond donors (Lipinski definition) is 1. The van der Waals surface area contributed by atoms with Crippen LogP contribution in [0.1, 0.15) is 42.5 Å². The third-order valence-electron chi connectivity index (χ3n) is 3.94. The fraction of sp³-hybridized carbons (Fsp3) is 0.625. The Balaban J connectivity index is 1.98. The predicted molar refractivity (Wildman–Crippen MR) is 77.7 cm³/mol. The Morgan fingerprint density at radius 1 is 1.33 bits per heavy atom. The molecule has 100 valence electrons. The summed E-state index contributed by atoms with van der Waals surface area (Å²) in [7, 11) is 0. The Hall–Kier alpha value is -0.860. The van der Waals surface area contributed by atoms with E-state index in [1.54, 1.807) is 0 Å². The highest BCUT2D eigenvalue weighted by atomic mass is 15.1. The van der Waals surface area contributed by atoms with Crippen molar-refractivity contribution < 1.29 is 0 Å². The van der Waals surface area contributed by atoms with Gasteiger partial charge in [0.2, 0.25) is 0 Å². The summed E-state index contributed by atoms with van der Waals surface area (Å²) in [6, 6.07) is 6.73. The van der Waals surface area contributed by atoms with Crippen molar-refractivity contribution in [2.45, 2.75) is 39.7 Å². The normalized spacial score (nSPS) is 17.2. The van der Waals surface area contributed by atoms with Crippen LogP contribution in [0.15, 0.2) is 18.2 Å². The summed E-state index contributed by atoms with van der Waals surface area (Å²) >= 11 is 0. The van der Waals surface area contributed by atoms with Crippen LogP contribution in [0, 0.1) is 19.8 Å². The van der Waals surface area contributed by atoms with Gasteiger partial charge in [0.05, 0.1) is 0 Å². The van der Waals surface area contributed by atoms with Gasteiger partial charge in [0.1, 0.15) is 0 Å². The van der Waals surface area contributed by atoms with Gasteiger partial charge in [-0.2, -0.15) is 0 Å². The van der Waals surface area contributed by atoms with Gasteiger partial charge in [-0.1, -0.05) is 30.7 Å². The van der Waals surface area contributed by atoms with Gasteiger partial charge in [0.25, 0.3) is 0 Å². The maximum Gasteiger partial charge on any atom is 0.0426 e. The molecule has 0 amide bonds. The van der Waals surface area contributed by atoms with Crippen molar-refractivity contribution in [1.82, 2.24) is 4.90 Å². The van der Waals surface area contributed by atoms with Crippen molar-refractivity contribution in [3.63, 3.8) is 0 Å². The van der Waals surface area contributed by atoms with E-state index in [1.165, 1.54) is 36.1 Å². The number of aryl methyl sites for hydroxylation is 2. The zero-order valence-electron chi connectivity index (χ0n) is 11.9. The van der Waals surface area contributed by atoms with Gasteiger partial charge in [0.15, 0.2) is 0 Å². The molecule has 1 aliphatic carbocycles. The fourth-order valence-electron chi connectivity index (χ4n) is 2.62. The standard InChI is InChI=1S/C16H26N2/c1-4-18(10-14-6-7-14)11-16(17)15-8-5-12(2)9-13(15)3/h5,8-9,14,16H,4,6-7,10-11,17H2,1-3H3. The Labute approximate surface area is 111 Å². The summed E-state index contributed by atoms with van der Waals surface area (Å²) in [5.74, 6) is 0.941. The molecule has 1 aromatic carbocycles. The van der Waals surface area contributed by atoms with Crippen molar-refractivity contribution in [2.24, 2.45) is 11.7 Å². The second-order valence-electron chi connectivity index (χ2n) is 5.76. The van der Waals surface area contributed by atoms with E-state index < -0.39 is 0 Å². The maximum atomic E-state index is 6.38. The topological polar surface area (TPSA) is 29.3 Å². The fourth-order valence-corrected chi connectivity index (χ4v) is 2.62. The molecular formula is C16H26N2. The van der Waals surface area contributed by atoms with E-state index in [1.807, 2.05) is 0 Å². The van der Waals surface area contributed by atoms with Crippen LogP contribution in [-0.4, -0.2) is 24.5 Å². The molecule has 1 fully saturated rings. The number of rotatable bonds is 6. The lowest BCUT2D eigenvalue weighted by Crippen LogP contribution is -2.34. The number of likely N-dealkylation sites (N-methyl/N-ethyl adjacent to an activating group) is 1. The lowest BCUT2D eigenvalue weighted by molar-refractivity contribution is 0.260. The van der Waals surface area contributed by atoms with Crippen molar-refractivity contribution in [3.05, 3.63) is 34.9 Å². The van der Waals surface area contributed by atoms with Gasteiger partial charge in [-0.3, -0.25) is 0 Å². The molecule has 0 aliphatic heterocycles. The van der Waals surface area contributed by atoms with Gasteiger partial charge < -0.3 is 10.6 Å². The van der Waals surface area contributed by atoms with E-state index in [9.17, 15) is 0 Å². The molecule has 0 radical (unpaired) electrons. The van der Waals surface area contributed by atoms with Gasteiger partial charge in [-0.25, -0.2) is 0 Å². The average molecular weight is 246 g/mol. The smallest absolute Gasteiger partial charge is 0.0426 e. The molecule has 0 heterocycles. The second-order valence-corrected chi connectivity index (χ2v) is 5.76. The first kappa shape index (κ1) is 13.6. The SMILES string of the molecule is CCN(CC1CC1)CC(N)c1ccc(C)cc1C. The van der Waals surface area contributed by atoms with Crippen LogP contribution in [0.2, 0.25) is 0 Å². The van der Waals surface area contributed by atoms with Gasteiger partial charge in [-0.15, -0.1) is 0 Å². The monoisotopic (exact) mass is 246 g/mol. The molecule has 1 aromatic rings. The van der Waals surface area contributed by atoms with Crippen LogP contribution in [0.3, 0.4) is 0 Å². The molecule has 2 heteroatoms. The van der Waals surface area contributed by atoms with E-state index in [-0.39, 0.29) is 6.04 Å². The van der Waals surface area contributed by atoms with E-state index in [2.05, 4.69) is 43.9 Å². The lowest BCUT2D eigenvalue weighted by atomic mass is 9.99. The first-order valence-corrected chi connectivity index (χ1v) is 7.15. The summed E-state index contributed by atoms with van der Waals surface area (Å²) in [4.78, 5) is 2.50. The van der Waals surface area contributed by atoms with Crippen molar-refractivity contribution in [3.8, 4) is 0 Å². The highest BCUT2D eigenvalue weighted by Crippen LogP contribution is 2.30. The first-order valence-electron chi connectivity index (χ1n) is 7.15. The molecule has 2 nitrogen and oxygen atoms in total. The number of benzene rings is 1.